The Labute approximate surface area is 167 Å². The van der Waals surface area contributed by atoms with Gasteiger partial charge in [-0.05, 0) is 43.2 Å². The van der Waals surface area contributed by atoms with E-state index in [-0.39, 0.29) is 30.2 Å². The molecule has 2 aromatic rings. The number of para-hydroxylation sites is 1. The quantitative estimate of drug-likeness (QED) is 0.788. The summed E-state index contributed by atoms with van der Waals surface area (Å²) in [5, 5.41) is 5.76. The molecule has 7 heteroatoms. The van der Waals surface area contributed by atoms with Gasteiger partial charge in [0.1, 0.15) is 0 Å². The maximum absolute atomic E-state index is 12.4. The van der Waals surface area contributed by atoms with Crippen LogP contribution in [0.15, 0.2) is 53.4 Å². The summed E-state index contributed by atoms with van der Waals surface area (Å²) < 4.78 is 0. The molecule has 1 aliphatic carbocycles. The third-order valence-corrected chi connectivity index (χ3v) is 5.74. The monoisotopic (exact) mass is 395 g/mol. The van der Waals surface area contributed by atoms with Crippen LogP contribution in [0.1, 0.15) is 29.6 Å². The zero-order valence-electron chi connectivity index (χ0n) is 15.3. The van der Waals surface area contributed by atoms with Crippen LogP contribution in [0.25, 0.3) is 0 Å². The summed E-state index contributed by atoms with van der Waals surface area (Å²) >= 11 is 1.52. The van der Waals surface area contributed by atoms with Crippen molar-refractivity contribution < 1.29 is 14.4 Å². The molecule has 0 atom stereocenters. The first kappa shape index (κ1) is 18.6. The highest BCUT2D eigenvalue weighted by atomic mass is 32.2. The Morgan fingerprint density at radius 1 is 1.11 bits per heavy atom. The highest BCUT2D eigenvalue weighted by Gasteiger charge is 2.25. The van der Waals surface area contributed by atoms with E-state index in [9.17, 15) is 14.4 Å². The van der Waals surface area contributed by atoms with Gasteiger partial charge in [-0.3, -0.25) is 14.4 Å². The Hall–Kier alpha value is -2.80. The fourth-order valence-electron chi connectivity index (χ4n) is 3.07. The number of nitrogens with zero attached hydrogens (tertiary/aromatic N) is 1. The van der Waals surface area contributed by atoms with Crippen LogP contribution in [0.2, 0.25) is 0 Å². The summed E-state index contributed by atoms with van der Waals surface area (Å²) in [6.07, 6.45) is 2.24. The molecule has 1 heterocycles. The van der Waals surface area contributed by atoms with E-state index >= 15 is 0 Å². The Bertz CT molecular complexity index is 927. The second kappa shape index (κ2) is 8.06. The van der Waals surface area contributed by atoms with Crippen LogP contribution in [0, 0.1) is 0 Å². The number of hydrogen-bond donors (Lipinski definition) is 2. The lowest BCUT2D eigenvalue weighted by Gasteiger charge is -2.28. The van der Waals surface area contributed by atoms with Crippen LogP contribution < -0.4 is 15.5 Å². The molecule has 1 saturated carbocycles. The van der Waals surface area contributed by atoms with E-state index < -0.39 is 0 Å². The average Bonchev–Trinajstić information content (AvgIpc) is 3.51. The molecule has 0 spiro atoms. The van der Waals surface area contributed by atoms with Crippen molar-refractivity contribution in [2.45, 2.75) is 30.2 Å². The van der Waals surface area contributed by atoms with Gasteiger partial charge in [-0.15, -0.1) is 11.8 Å². The number of nitrogens with one attached hydrogen (secondary N) is 2. The standard InChI is InChI=1S/C21H21N3O3S/c25-19(10-11-24-17-6-1-2-7-18(17)28-13-20(24)26)22-16-5-3-4-14(12-16)21(27)23-15-8-9-15/h1-7,12,15H,8-11,13H2,(H,22,25)(H,23,27). The lowest BCUT2D eigenvalue weighted by molar-refractivity contribution is -0.117. The maximum atomic E-state index is 12.4. The summed E-state index contributed by atoms with van der Waals surface area (Å²) in [5.74, 6) is 0.0849. The normalized spacial score (nSPS) is 15.7. The first-order valence-electron chi connectivity index (χ1n) is 9.33. The van der Waals surface area contributed by atoms with Crippen LogP contribution >= 0.6 is 11.8 Å². The van der Waals surface area contributed by atoms with Gasteiger partial charge >= 0.3 is 0 Å². The molecule has 0 saturated heterocycles. The summed E-state index contributed by atoms with van der Waals surface area (Å²) in [6.45, 7) is 0.324. The fraction of sp³-hybridized carbons (Fsp3) is 0.286. The van der Waals surface area contributed by atoms with Gasteiger partial charge in [-0.2, -0.15) is 0 Å². The van der Waals surface area contributed by atoms with Crippen LogP contribution in [-0.4, -0.2) is 36.1 Å². The highest BCUT2D eigenvalue weighted by Crippen LogP contribution is 2.34. The number of amides is 3. The van der Waals surface area contributed by atoms with Gasteiger partial charge in [0.15, 0.2) is 0 Å². The van der Waals surface area contributed by atoms with Crippen molar-refractivity contribution in [2.75, 3.05) is 22.5 Å². The van der Waals surface area contributed by atoms with E-state index in [0.717, 1.165) is 23.4 Å². The van der Waals surface area contributed by atoms with Gasteiger partial charge in [0, 0.05) is 35.2 Å². The molecule has 6 nitrogen and oxygen atoms in total. The van der Waals surface area contributed by atoms with E-state index in [1.807, 2.05) is 24.3 Å². The minimum absolute atomic E-state index is 0.00949. The van der Waals surface area contributed by atoms with Crippen molar-refractivity contribution >= 4 is 40.9 Å². The molecule has 2 aromatic carbocycles. The van der Waals surface area contributed by atoms with Crippen molar-refractivity contribution in [3.8, 4) is 0 Å². The van der Waals surface area contributed by atoms with E-state index in [1.165, 1.54) is 11.8 Å². The van der Waals surface area contributed by atoms with E-state index in [4.69, 9.17) is 0 Å². The van der Waals surface area contributed by atoms with Gasteiger partial charge < -0.3 is 15.5 Å². The third-order valence-electron chi connectivity index (χ3n) is 4.69. The zero-order chi connectivity index (χ0) is 19.5. The molecule has 4 rings (SSSR count). The van der Waals surface area contributed by atoms with Crippen molar-refractivity contribution in [2.24, 2.45) is 0 Å². The van der Waals surface area contributed by atoms with Crippen LogP contribution in [0.3, 0.4) is 0 Å². The molecule has 1 fully saturated rings. The third kappa shape index (κ3) is 4.36. The fourth-order valence-corrected chi connectivity index (χ4v) is 4.01. The van der Waals surface area contributed by atoms with Gasteiger partial charge in [0.2, 0.25) is 11.8 Å². The first-order chi connectivity index (χ1) is 13.6. The molecule has 2 aliphatic rings. The molecule has 0 aromatic heterocycles. The Morgan fingerprint density at radius 2 is 1.93 bits per heavy atom. The highest BCUT2D eigenvalue weighted by molar-refractivity contribution is 8.00. The number of fused-ring (bicyclic) bond motifs is 1. The predicted molar refractivity (Wildman–Crippen MR) is 110 cm³/mol. The van der Waals surface area contributed by atoms with Crippen LogP contribution in [0.5, 0.6) is 0 Å². The molecule has 0 unspecified atom stereocenters. The largest absolute Gasteiger partial charge is 0.349 e. The van der Waals surface area contributed by atoms with Crippen molar-refractivity contribution in [1.29, 1.82) is 0 Å². The molecule has 0 bridgehead atoms. The number of carbonyl (C=O) groups excluding carboxylic acids is 3. The van der Waals surface area contributed by atoms with Crippen molar-refractivity contribution in [3.05, 3.63) is 54.1 Å². The molecule has 28 heavy (non-hydrogen) atoms. The SMILES string of the molecule is O=C(CCN1C(=O)CSc2ccccc21)Nc1cccc(C(=O)NC2CC2)c1. The van der Waals surface area contributed by atoms with Gasteiger partial charge in [0.05, 0.1) is 11.4 Å². The summed E-state index contributed by atoms with van der Waals surface area (Å²) in [7, 11) is 0. The second-order valence-electron chi connectivity index (χ2n) is 6.93. The number of thioether (sulfide) groups is 1. The van der Waals surface area contributed by atoms with Gasteiger partial charge in [0.25, 0.3) is 5.91 Å². The van der Waals surface area contributed by atoms with Gasteiger partial charge in [-0.25, -0.2) is 0 Å². The second-order valence-corrected chi connectivity index (χ2v) is 7.95. The number of hydrogen-bond acceptors (Lipinski definition) is 4. The number of benzene rings is 2. The molecular weight excluding hydrogens is 374 g/mol. The molecule has 0 radical (unpaired) electrons. The lowest BCUT2D eigenvalue weighted by Crippen LogP contribution is -2.37. The summed E-state index contributed by atoms with van der Waals surface area (Å²) in [5.41, 5.74) is 1.96. The molecule has 3 amide bonds. The molecule has 1 aliphatic heterocycles. The van der Waals surface area contributed by atoms with Gasteiger partial charge in [-0.1, -0.05) is 18.2 Å². The van der Waals surface area contributed by atoms with Crippen LogP contribution in [0.4, 0.5) is 11.4 Å². The average molecular weight is 395 g/mol. The minimum atomic E-state index is -0.191. The van der Waals surface area contributed by atoms with Crippen molar-refractivity contribution in [3.63, 3.8) is 0 Å². The maximum Gasteiger partial charge on any atom is 0.251 e. The molecule has 144 valence electrons. The topological polar surface area (TPSA) is 78.5 Å². The predicted octanol–water partition coefficient (Wildman–Crippen LogP) is 3.05. The van der Waals surface area contributed by atoms with Crippen molar-refractivity contribution in [1.82, 2.24) is 5.32 Å². The number of carbonyl (C=O) groups is 3. The Kier molecular flexibility index (Phi) is 5.34. The number of rotatable bonds is 6. The summed E-state index contributed by atoms with van der Waals surface area (Å²) in [6, 6.07) is 14.9. The molecular formula is C21H21N3O3S. The molecule has 2 N–H and O–H groups in total. The van der Waals surface area contributed by atoms with Crippen LogP contribution in [-0.2, 0) is 9.59 Å². The minimum Gasteiger partial charge on any atom is -0.349 e. The smallest absolute Gasteiger partial charge is 0.251 e. The lowest BCUT2D eigenvalue weighted by atomic mass is 10.2. The Morgan fingerprint density at radius 3 is 2.75 bits per heavy atom. The summed E-state index contributed by atoms with van der Waals surface area (Å²) in [4.78, 5) is 39.5. The first-order valence-corrected chi connectivity index (χ1v) is 10.3. The zero-order valence-corrected chi connectivity index (χ0v) is 16.1. The van der Waals surface area contributed by atoms with E-state index in [2.05, 4.69) is 10.6 Å². The van der Waals surface area contributed by atoms with E-state index in [1.54, 1.807) is 29.2 Å². The number of anilines is 2. The Balaban J connectivity index is 1.36. The van der Waals surface area contributed by atoms with E-state index in [0.29, 0.717) is 23.5 Å².